The Morgan fingerprint density at radius 1 is 1.24 bits per heavy atom. The Bertz CT molecular complexity index is 592. The van der Waals surface area contributed by atoms with Crippen molar-refractivity contribution < 1.29 is 4.79 Å². The van der Waals surface area contributed by atoms with Gasteiger partial charge in [-0.1, -0.05) is 30.3 Å². The first kappa shape index (κ1) is 11.0. The highest BCUT2D eigenvalue weighted by molar-refractivity contribution is 5.87. The van der Waals surface area contributed by atoms with Crippen molar-refractivity contribution in [3.05, 3.63) is 40.7 Å². The summed E-state index contributed by atoms with van der Waals surface area (Å²) in [5.41, 5.74) is 0.278. The standard InChI is InChI=1S/C11H10N4O2/c1-7(16)12-10-11(17)13-9(14-15-10)8-5-3-2-4-6-8/h2-6H,1H3,(H,12,15,16)(H,13,14,17). The fraction of sp³-hybridized carbons (Fsp3) is 0.0909. The van der Waals surface area contributed by atoms with Gasteiger partial charge in [-0.3, -0.25) is 9.59 Å². The van der Waals surface area contributed by atoms with Gasteiger partial charge in [0.15, 0.2) is 5.82 Å². The molecule has 0 unspecified atom stereocenters. The van der Waals surface area contributed by atoms with Gasteiger partial charge >= 0.3 is 0 Å². The van der Waals surface area contributed by atoms with E-state index in [4.69, 9.17) is 0 Å². The van der Waals surface area contributed by atoms with Crippen LogP contribution in [0.2, 0.25) is 0 Å². The Hall–Kier alpha value is -2.50. The number of H-pyrrole nitrogens is 1. The molecule has 0 saturated heterocycles. The minimum absolute atomic E-state index is 0.0998. The van der Waals surface area contributed by atoms with E-state index < -0.39 is 5.56 Å². The van der Waals surface area contributed by atoms with E-state index >= 15 is 0 Å². The Balaban J connectivity index is 2.38. The second-order valence-electron chi connectivity index (χ2n) is 3.40. The van der Waals surface area contributed by atoms with Crippen LogP contribution in [-0.4, -0.2) is 21.1 Å². The van der Waals surface area contributed by atoms with Gasteiger partial charge in [-0.25, -0.2) is 0 Å². The summed E-state index contributed by atoms with van der Waals surface area (Å²) in [7, 11) is 0. The smallest absolute Gasteiger partial charge is 0.294 e. The molecule has 0 bridgehead atoms. The maximum atomic E-state index is 11.6. The first-order chi connectivity index (χ1) is 8.16. The highest BCUT2D eigenvalue weighted by atomic mass is 16.2. The molecule has 0 atom stereocenters. The Morgan fingerprint density at radius 2 is 1.94 bits per heavy atom. The van der Waals surface area contributed by atoms with Crippen LogP contribution in [0.4, 0.5) is 5.82 Å². The number of anilines is 1. The zero-order valence-electron chi connectivity index (χ0n) is 9.10. The maximum Gasteiger partial charge on any atom is 0.294 e. The molecule has 0 aliphatic carbocycles. The molecule has 2 aromatic rings. The first-order valence-corrected chi connectivity index (χ1v) is 4.97. The molecule has 86 valence electrons. The van der Waals surface area contributed by atoms with Crippen LogP contribution in [0.25, 0.3) is 11.4 Å². The van der Waals surface area contributed by atoms with Crippen molar-refractivity contribution in [2.75, 3.05) is 5.32 Å². The molecule has 0 fully saturated rings. The molecular formula is C11H10N4O2. The normalized spacial score (nSPS) is 9.94. The molecule has 1 aromatic heterocycles. The zero-order valence-corrected chi connectivity index (χ0v) is 9.10. The number of hydrogen-bond donors (Lipinski definition) is 2. The summed E-state index contributed by atoms with van der Waals surface area (Å²) in [6.07, 6.45) is 0. The van der Waals surface area contributed by atoms with E-state index in [0.29, 0.717) is 5.82 Å². The minimum Gasteiger partial charge on any atom is -0.305 e. The lowest BCUT2D eigenvalue weighted by molar-refractivity contribution is -0.114. The van der Waals surface area contributed by atoms with E-state index in [1.807, 2.05) is 18.2 Å². The summed E-state index contributed by atoms with van der Waals surface area (Å²) in [4.78, 5) is 24.9. The highest BCUT2D eigenvalue weighted by Crippen LogP contribution is 2.11. The SMILES string of the molecule is CC(=O)Nc1nnc(-c2ccccc2)[nH]c1=O. The summed E-state index contributed by atoms with van der Waals surface area (Å²) >= 11 is 0. The zero-order chi connectivity index (χ0) is 12.3. The van der Waals surface area contributed by atoms with Crippen LogP contribution in [0.3, 0.4) is 0 Å². The predicted octanol–water partition coefficient (Wildman–Crippen LogP) is 0.790. The molecule has 2 N–H and O–H groups in total. The predicted molar refractivity (Wildman–Crippen MR) is 62.4 cm³/mol. The third kappa shape index (κ3) is 2.54. The second-order valence-corrected chi connectivity index (χ2v) is 3.40. The molecule has 1 aromatic carbocycles. The average Bonchev–Trinajstić information content (AvgIpc) is 2.32. The van der Waals surface area contributed by atoms with E-state index in [0.717, 1.165) is 5.56 Å². The number of nitrogens with one attached hydrogen (secondary N) is 2. The van der Waals surface area contributed by atoms with Crippen LogP contribution in [0.15, 0.2) is 35.1 Å². The number of amides is 1. The topological polar surface area (TPSA) is 87.7 Å². The maximum absolute atomic E-state index is 11.6. The van der Waals surface area contributed by atoms with Crippen molar-refractivity contribution in [2.24, 2.45) is 0 Å². The van der Waals surface area contributed by atoms with Gasteiger partial charge in [0.1, 0.15) is 0 Å². The molecule has 6 nitrogen and oxygen atoms in total. The molecule has 1 heterocycles. The highest BCUT2D eigenvalue weighted by Gasteiger charge is 2.06. The summed E-state index contributed by atoms with van der Waals surface area (Å²) < 4.78 is 0. The number of aromatic nitrogens is 3. The molecule has 0 radical (unpaired) electrons. The van der Waals surface area contributed by atoms with Crippen molar-refractivity contribution in [3.8, 4) is 11.4 Å². The van der Waals surface area contributed by atoms with E-state index in [1.165, 1.54) is 6.92 Å². The van der Waals surface area contributed by atoms with Gasteiger partial charge in [0.25, 0.3) is 5.56 Å². The molecule has 2 rings (SSSR count). The summed E-state index contributed by atoms with van der Waals surface area (Å²) in [5.74, 6) is -0.0980. The van der Waals surface area contributed by atoms with Gasteiger partial charge in [0, 0.05) is 12.5 Å². The Morgan fingerprint density at radius 3 is 2.53 bits per heavy atom. The van der Waals surface area contributed by atoms with Crippen molar-refractivity contribution in [3.63, 3.8) is 0 Å². The van der Waals surface area contributed by atoms with Crippen molar-refractivity contribution >= 4 is 11.7 Å². The summed E-state index contributed by atoms with van der Waals surface area (Å²) in [6, 6.07) is 9.13. The minimum atomic E-state index is -0.478. The number of nitrogens with zero attached hydrogens (tertiary/aromatic N) is 2. The van der Waals surface area contributed by atoms with Gasteiger partial charge < -0.3 is 10.3 Å². The van der Waals surface area contributed by atoms with E-state index in [2.05, 4.69) is 20.5 Å². The van der Waals surface area contributed by atoms with Gasteiger partial charge in [-0.15, -0.1) is 10.2 Å². The van der Waals surface area contributed by atoms with E-state index in [1.54, 1.807) is 12.1 Å². The number of carbonyl (C=O) groups is 1. The van der Waals surface area contributed by atoms with Crippen molar-refractivity contribution in [2.45, 2.75) is 6.92 Å². The molecule has 0 aliphatic rings. The molecule has 1 amide bonds. The Kier molecular flexibility index (Phi) is 2.95. The summed E-state index contributed by atoms with van der Waals surface area (Å²) in [5, 5.41) is 9.81. The fourth-order valence-corrected chi connectivity index (χ4v) is 1.31. The van der Waals surface area contributed by atoms with Crippen LogP contribution in [0.5, 0.6) is 0 Å². The van der Waals surface area contributed by atoms with Crippen molar-refractivity contribution in [1.82, 2.24) is 15.2 Å². The number of carbonyl (C=O) groups excluding carboxylic acids is 1. The number of rotatable bonds is 2. The first-order valence-electron chi connectivity index (χ1n) is 4.97. The molecule has 17 heavy (non-hydrogen) atoms. The van der Waals surface area contributed by atoms with E-state index in [-0.39, 0.29) is 11.7 Å². The van der Waals surface area contributed by atoms with Gasteiger partial charge in [0.05, 0.1) is 0 Å². The lowest BCUT2D eigenvalue weighted by Gasteiger charge is -2.01. The third-order valence-electron chi connectivity index (χ3n) is 2.04. The Labute approximate surface area is 96.7 Å². The number of benzene rings is 1. The fourth-order valence-electron chi connectivity index (χ4n) is 1.31. The molecule has 0 spiro atoms. The van der Waals surface area contributed by atoms with Crippen LogP contribution < -0.4 is 10.9 Å². The molecular weight excluding hydrogens is 220 g/mol. The average molecular weight is 230 g/mol. The largest absolute Gasteiger partial charge is 0.305 e. The van der Waals surface area contributed by atoms with Crippen LogP contribution >= 0.6 is 0 Å². The monoisotopic (exact) mass is 230 g/mol. The van der Waals surface area contributed by atoms with Crippen LogP contribution in [0.1, 0.15) is 6.92 Å². The van der Waals surface area contributed by atoms with Crippen LogP contribution in [-0.2, 0) is 4.79 Å². The quantitative estimate of drug-likeness (QED) is 0.798. The second kappa shape index (κ2) is 4.56. The summed E-state index contributed by atoms with van der Waals surface area (Å²) in [6.45, 7) is 1.30. The van der Waals surface area contributed by atoms with E-state index in [9.17, 15) is 9.59 Å². The molecule has 6 heteroatoms. The molecule has 0 saturated carbocycles. The van der Waals surface area contributed by atoms with Gasteiger partial charge in [-0.05, 0) is 0 Å². The van der Waals surface area contributed by atoms with Gasteiger partial charge in [0.2, 0.25) is 11.7 Å². The van der Waals surface area contributed by atoms with Gasteiger partial charge in [-0.2, -0.15) is 0 Å². The van der Waals surface area contributed by atoms with Crippen molar-refractivity contribution in [1.29, 1.82) is 0 Å². The molecule has 0 aliphatic heterocycles. The third-order valence-corrected chi connectivity index (χ3v) is 2.04. The van der Waals surface area contributed by atoms with Crippen LogP contribution in [0, 0.1) is 0 Å². The number of aromatic amines is 1. The number of hydrogen-bond acceptors (Lipinski definition) is 4. The lowest BCUT2D eigenvalue weighted by Crippen LogP contribution is -2.20. The lowest BCUT2D eigenvalue weighted by atomic mass is 10.2.